The summed E-state index contributed by atoms with van der Waals surface area (Å²) < 4.78 is 21.3. The van der Waals surface area contributed by atoms with E-state index in [4.69, 9.17) is 16.3 Å². The van der Waals surface area contributed by atoms with Crippen molar-refractivity contribution >= 4 is 46.1 Å². The summed E-state index contributed by atoms with van der Waals surface area (Å²) in [5.74, 6) is -1.67. The lowest BCUT2D eigenvalue weighted by Crippen LogP contribution is -2.48. The number of nitrogens with zero attached hydrogens (tertiary/aromatic N) is 3. The van der Waals surface area contributed by atoms with Crippen molar-refractivity contribution in [2.45, 2.75) is 44.9 Å². The first-order valence-electron chi connectivity index (χ1n) is 11.9. The molecular formula is C27H25ClFN3O5. The Bertz CT molecular complexity index is 1440. The van der Waals surface area contributed by atoms with Crippen LogP contribution in [0.25, 0.3) is 10.9 Å². The second-order valence-corrected chi connectivity index (χ2v) is 9.99. The maximum Gasteiger partial charge on any atom is 0.337 e. The smallest absolute Gasteiger partial charge is 0.337 e. The summed E-state index contributed by atoms with van der Waals surface area (Å²) in [6.45, 7) is 1.01. The molecule has 0 unspecified atom stereocenters. The number of ether oxygens (including phenoxy) is 1. The molecule has 10 heteroatoms. The summed E-state index contributed by atoms with van der Waals surface area (Å²) in [6.07, 6.45) is 2.77. The Hall–Kier alpha value is -3.72. The number of carbonyl (C=O) groups is 4. The van der Waals surface area contributed by atoms with E-state index in [-0.39, 0.29) is 47.4 Å². The standard InChI is InChI=1S/C27H25ClFN3O5/c1-15(33)21-13-30(22-7-6-17(9-20(21)22)27(36)37-2)14-25(34)32-23-10-18(23)11-24(32)26(35)31(29)12-16-4-3-5-19(28)8-16/h3-9,13,18,23-24H,10-12,14H2,1-2H3/t18-,23-,24+/m1/s1. The molecule has 0 spiro atoms. The fourth-order valence-electron chi connectivity index (χ4n) is 5.25. The van der Waals surface area contributed by atoms with Crippen LogP contribution in [0.15, 0.2) is 48.7 Å². The van der Waals surface area contributed by atoms with Gasteiger partial charge in [0.2, 0.25) is 5.91 Å². The van der Waals surface area contributed by atoms with Gasteiger partial charge in [-0.25, -0.2) is 4.79 Å². The topological polar surface area (TPSA) is 88.9 Å². The average molecular weight is 526 g/mol. The Morgan fingerprint density at radius 3 is 2.62 bits per heavy atom. The van der Waals surface area contributed by atoms with Crippen molar-refractivity contribution in [3.05, 3.63) is 70.4 Å². The molecule has 1 aliphatic heterocycles. The van der Waals surface area contributed by atoms with Crippen LogP contribution in [0, 0.1) is 5.92 Å². The van der Waals surface area contributed by atoms with Gasteiger partial charge in [0.25, 0.3) is 5.91 Å². The number of rotatable bonds is 7. The van der Waals surface area contributed by atoms with Crippen LogP contribution in [0.3, 0.4) is 0 Å². The summed E-state index contributed by atoms with van der Waals surface area (Å²) >= 11 is 5.97. The number of hydrogen-bond donors (Lipinski definition) is 0. The van der Waals surface area contributed by atoms with E-state index in [9.17, 15) is 23.7 Å². The molecule has 192 valence electrons. The summed E-state index contributed by atoms with van der Waals surface area (Å²) in [7, 11) is 1.27. The molecule has 1 aliphatic carbocycles. The molecule has 8 nitrogen and oxygen atoms in total. The van der Waals surface area contributed by atoms with Crippen molar-refractivity contribution in [1.29, 1.82) is 0 Å². The number of likely N-dealkylation sites (tertiary alicyclic amines) is 1. The maximum absolute atomic E-state index is 14.9. The fraction of sp³-hybridized carbons (Fsp3) is 0.333. The summed E-state index contributed by atoms with van der Waals surface area (Å²) in [5.41, 5.74) is 1.79. The molecule has 5 rings (SSSR count). The van der Waals surface area contributed by atoms with Crippen molar-refractivity contribution in [2.75, 3.05) is 7.11 Å². The highest BCUT2D eigenvalue weighted by atomic mass is 35.5. The lowest BCUT2D eigenvalue weighted by atomic mass is 10.1. The normalized spacial score (nSPS) is 20.0. The van der Waals surface area contributed by atoms with Crippen LogP contribution in [0.4, 0.5) is 4.48 Å². The first-order chi connectivity index (χ1) is 17.7. The predicted octanol–water partition coefficient (Wildman–Crippen LogP) is 4.19. The van der Waals surface area contributed by atoms with Gasteiger partial charge in [-0.05, 0) is 61.6 Å². The number of esters is 1. The first-order valence-corrected chi connectivity index (χ1v) is 12.3. The molecule has 0 radical (unpaired) electrons. The van der Waals surface area contributed by atoms with Crippen LogP contribution >= 0.6 is 11.6 Å². The van der Waals surface area contributed by atoms with E-state index < -0.39 is 17.9 Å². The molecule has 2 amide bonds. The highest BCUT2D eigenvalue weighted by molar-refractivity contribution is 6.30. The van der Waals surface area contributed by atoms with E-state index in [2.05, 4.69) is 0 Å². The van der Waals surface area contributed by atoms with Gasteiger partial charge >= 0.3 is 5.97 Å². The van der Waals surface area contributed by atoms with Gasteiger partial charge in [0.15, 0.2) is 5.78 Å². The van der Waals surface area contributed by atoms with E-state index in [1.54, 1.807) is 53.2 Å². The zero-order valence-electron chi connectivity index (χ0n) is 20.3. The molecule has 1 saturated carbocycles. The second-order valence-electron chi connectivity index (χ2n) is 9.55. The minimum Gasteiger partial charge on any atom is -0.465 e. The van der Waals surface area contributed by atoms with Crippen LogP contribution < -0.4 is 0 Å². The van der Waals surface area contributed by atoms with E-state index >= 15 is 0 Å². The predicted molar refractivity (Wildman–Crippen MR) is 134 cm³/mol. The van der Waals surface area contributed by atoms with Gasteiger partial charge in [-0.2, -0.15) is 5.12 Å². The van der Waals surface area contributed by atoms with Gasteiger partial charge in [0.1, 0.15) is 12.6 Å². The number of carbonyl (C=O) groups excluding carboxylic acids is 4. The summed E-state index contributed by atoms with van der Waals surface area (Å²) in [5, 5.41) is 1.12. The number of aromatic nitrogens is 1. The zero-order valence-corrected chi connectivity index (χ0v) is 21.1. The first kappa shape index (κ1) is 25.0. The minimum atomic E-state index is -0.888. The molecule has 37 heavy (non-hydrogen) atoms. The average Bonchev–Trinajstić information content (AvgIpc) is 3.38. The number of amides is 2. The molecule has 0 bridgehead atoms. The number of Topliss-reactive ketones (excluding diaryl/α,β-unsaturated/α-hetero) is 1. The van der Waals surface area contributed by atoms with Gasteiger partial charge in [-0.3, -0.25) is 14.4 Å². The number of halogens is 2. The molecular weight excluding hydrogens is 501 g/mol. The van der Waals surface area contributed by atoms with Crippen LogP contribution in [-0.4, -0.2) is 57.3 Å². The third-order valence-corrected chi connectivity index (χ3v) is 7.35. The maximum atomic E-state index is 14.9. The quantitative estimate of drug-likeness (QED) is 0.262. The molecule has 2 aliphatic rings. The lowest BCUT2D eigenvalue weighted by Gasteiger charge is -2.28. The van der Waals surface area contributed by atoms with E-state index in [1.807, 2.05) is 0 Å². The Balaban J connectivity index is 1.37. The van der Waals surface area contributed by atoms with Crippen LogP contribution in [0.1, 0.15) is 46.0 Å². The van der Waals surface area contributed by atoms with Gasteiger partial charge in [-0.15, -0.1) is 0 Å². The molecule has 3 aromatic rings. The molecule has 2 aromatic carbocycles. The van der Waals surface area contributed by atoms with Crippen LogP contribution in [-0.2, 0) is 27.4 Å². The number of ketones is 1. The molecule has 2 heterocycles. The Labute approximate surface area is 217 Å². The molecule has 1 aromatic heterocycles. The number of fused-ring (bicyclic) bond motifs is 2. The van der Waals surface area contributed by atoms with Gasteiger partial charge in [0.05, 0.1) is 19.2 Å². The fourth-order valence-corrected chi connectivity index (χ4v) is 5.46. The van der Waals surface area contributed by atoms with Crippen molar-refractivity contribution in [3.63, 3.8) is 0 Å². The molecule has 2 fully saturated rings. The third kappa shape index (κ3) is 4.71. The Morgan fingerprint density at radius 2 is 1.92 bits per heavy atom. The van der Waals surface area contributed by atoms with E-state index in [1.165, 1.54) is 18.9 Å². The summed E-state index contributed by atoms with van der Waals surface area (Å²) in [4.78, 5) is 52.3. The number of methoxy groups -OCH3 is 1. The van der Waals surface area contributed by atoms with Crippen molar-refractivity contribution < 1.29 is 28.4 Å². The lowest BCUT2D eigenvalue weighted by molar-refractivity contribution is -0.157. The Morgan fingerprint density at radius 1 is 1.14 bits per heavy atom. The highest BCUT2D eigenvalue weighted by Gasteiger charge is 2.56. The zero-order chi connectivity index (χ0) is 26.4. The SMILES string of the molecule is COC(=O)c1ccc2c(c1)c(C(C)=O)cn2CC(=O)N1[C@@H]2C[C@@H]2C[C@H]1C(=O)N(F)Cc1cccc(Cl)c1. The minimum absolute atomic E-state index is 0.0962. The number of benzene rings is 2. The van der Waals surface area contributed by atoms with Gasteiger partial charge in [-0.1, -0.05) is 28.2 Å². The van der Waals surface area contributed by atoms with Gasteiger partial charge in [0, 0.05) is 33.7 Å². The monoisotopic (exact) mass is 525 g/mol. The highest BCUT2D eigenvalue weighted by Crippen LogP contribution is 2.48. The van der Waals surface area contributed by atoms with Crippen LogP contribution in [0.2, 0.25) is 5.02 Å². The number of piperidine rings is 1. The molecule has 3 atom stereocenters. The van der Waals surface area contributed by atoms with E-state index in [0.717, 1.165) is 6.42 Å². The van der Waals surface area contributed by atoms with E-state index in [0.29, 0.717) is 33.5 Å². The number of hydrogen-bond acceptors (Lipinski definition) is 5. The van der Waals surface area contributed by atoms with Crippen molar-refractivity contribution in [3.8, 4) is 0 Å². The van der Waals surface area contributed by atoms with Crippen LogP contribution in [0.5, 0.6) is 0 Å². The van der Waals surface area contributed by atoms with Gasteiger partial charge < -0.3 is 14.2 Å². The van der Waals surface area contributed by atoms with Crippen molar-refractivity contribution in [1.82, 2.24) is 14.6 Å². The third-order valence-electron chi connectivity index (χ3n) is 7.11. The largest absolute Gasteiger partial charge is 0.465 e. The van der Waals surface area contributed by atoms with Crippen molar-refractivity contribution in [2.24, 2.45) is 5.92 Å². The molecule has 1 saturated heterocycles. The molecule has 0 N–H and O–H groups in total. The second kappa shape index (κ2) is 9.63. The Kier molecular flexibility index (Phi) is 6.49. The summed E-state index contributed by atoms with van der Waals surface area (Å²) in [6, 6.07) is 10.4.